The van der Waals surface area contributed by atoms with Crippen LogP contribution < -0.4 is 5.32 Å². The van der Waals surface area contributed by atoms with Gasteiger partial charge in [0.1, 0.15) is 17.6 Å². The van der Waals surface area contributed by atoms with Crippen LogP contribution in [0.1, 0.15) is 18.5 Å². The van der Waals surface area contributed by atoms with E-state index in [0.29, 0.717) is 11.7 Å². The summed E-state index contributed by atoms with van der Waals surface area (Å²) >= 11 is 0. The van der Waals surface area contributed by atoms with Crippen molar-refractivity contribution in [3.8, 4) is 6.07 Å². The predicted octanol–water partition coefficient (Wildman–Crippen LogP) is 1.71. The van der Waals surface area contributed by atoms with Crippen molar-refractivity contribution in [1.82, 2.24) is 9.88 Å². The number of nitrogens with one attached hydrogen (secondary N) is 1. The van der Waals surface area contributed by atoms with Gasteiger partial charge in [0.2, 0.25) is 0 Å². The lowest BCUT2D eigenvalue weighted by Crippen LogP contribution is -2.36. The molecule has 2 rings (SSSR count). The lowest BCUT2D eigenvalue weighted by Gasteiger charge is -2.24. The van der Waals surface area contributed by atoms with Crippen LogP contribution in [0.3, 0.4) is 0 Å². The van der Waals surface area contributed by atoms with Crippen molar-refractivity contribution in [3.63, 3.8) is 0 Å². The molecule has 1 atom stereocenters. The summed E-state index contributed by atoms with van der Waals surface area (Å²) in [5, 5.41) is 12.1. The maximum atomic E-state index is 8.78. The first-order chi connectivity index (χ1) is 8.20. The third kappa shape index (κ3) is 3.18. The fourth-order valence-corrected chi connectivity index (χ4v) is 2.06. The van der Waals surface area contributed by atoms with Gasteiger partial charge < -0.3 is 10.2 Å². The summed E-state index contributed by atoms with van der Waals surface area (Å²) in [5.41, 5.74) is 0.461. The summed E-state index contributed by atoms with van der Waals surface area (Å²) in [7, 11) is 4.23. The average Bonchev–Trinajstić information content (AvgIpc) is 3.13. The van der Waals surface area contributed by atoms with E-state index in [4.69, 9.17) is 5.26 Å². The molecule has 4 heteroatoms. The molecule has 1 aromatic rings. The van der Waals surface area contributed by atoms with Crippen molar-refractivity contribution in [3.05, 3.63) is 23.9 Å². The number of hydrogen-bond donors (Lipinski definition) is 1. The molecular formula is C13H18N4. The quantitative estimate of drug-likeness (QED) is 0.836. The molecule has 4 nitrogen and oxygen atoms in total. The van der Waals surface area contributed by atoms with E-state index in [1.54, 1.807) is 6.07 Å². The monoisotopic (exact) mass is 230 g/mol. The van der Waals surface area contributed by atoms with E-state index >= 15 is 0 Å². The Hall–Kier alpha value is -1.60. The van der Waals surface area contributed by atoms with Gasteiger partial charge in [-0.25, -0.2) is 4.98 Å². The highest BCUT2D eigenvalue weighted by molar-refractivity contribution is 5.38. The molecule has 0 spiro atoms. The van der Waals surface area contributed by atoms with Crippen LogP contribution in [0, 0.1) is 17.2 Å². The summed E-state index contributed by atoms with van der Waals surface area (Å²) < 4.78 is 0. The zero-order valence-corrected chi connectivity index (χ0v) is 10.3. The lowest BCUT2D eigenvalue weighted by atomic mass is 10.1. The van der Waals surface area contributed by atoms with Gasteiger partial charge in [0, 0.05) is 12.6 Å². The first-order valence-corrected chi connectivity index (χ1v) is 5.98. The van der Waals surface area contributed by atoms with Crippen LogP contribution in [0.4, 0.5) is 5.82 Å². The summed E-state index contributed by atoms with van der Waals surface area (Å²) in [6.45, 7) is 0.888. The van der Waals surface area contributed by atoms with Crippen molar-refractivity contribution >= 4 is 5.82 Å². The van der Waals surface area contributed by atoms with Gasteiger partial charge in [0.05, 0.1) is 0 Å². The number of hydrogen-bond acceptors (Lipinski definition) is 4. The number of nitriles is 1. The van der Waals surface area contributed by atoms with Gasteiger partial charge in [-0.1, -0.05) is 6.07 Å². The zero-order valence-electron chi connectivity index (χ0n) is 10.3. The van der Waals surface area contributed by atoms with Crippen LogP contribution in [0.25, 0.3) is 0 Å². The molecule has 0 aliphatic heterocycles. The fourth-order valence-electron chi connectivity index (χ4n) is 2.06. The molecule has 0 saturated heterocycles. The summed E-state index contributed by atoms with van der Waals surface area (Å²) in [5.74, 6) is 1.60. The standard InChI is InChI=1S/C13H18N4/c1-17(2)12(10-6-7-10)9-15-13-5-3-4-11(8-14)16-13/h3-5,10,12H,6-7,9H2,1-2H3,(H,15,16). The summed E-state index contributed by atoms with van der Waals surface area (Å²) in [4.78, 5) is 6.47. The van der Waals surface area contributed by atoms with Gasteiger partial charge in [0.15, 0.2) is 0 Å². The number of aromatic nitrogens is 1. The van der Waals surface area contributed by atoms with E-state index in [1.807, 2.05) is 12.1 Å². The molecule has 1 heterocycles. The first kappa shape index (κ1) is 11.9. The maximum Gasteiger partial charge on any atom is 0.142 e. The molecule has 0 aromatic carbocycles. The number of nitrogens with zero attached hydrogens (tertiary/aromatic N) is 3. The highest BCUT2D eigenvalue weighted by Gasteiger charge is 2.32. The van der Waals surface area contributed by atoms with Crippen molar-refractivity contribution in [2.45, 2.75) is 18.9 Å². The number of anilines is 1. The molecule has 1 saturated carbocycles. The number of rotatable bonds is 5. The normalized spacial score (nSPS) is 16.6. The molecule has 1 aromatic heterocycles. The highest BCUT2D eigenvalue weighted by Crippen LogP contribution is 2.34. The second-order valence-electron chi connectivity index (χ2n) is 4.77. The summed E-state index contributed by atoms with van der Waals surface area (Å²) in [6.07, 6.45) is 2.66. The average molecular weight is 230 g/mol. The Morgan fingerprint density at radius 2 is 2.29 bits per heavy atom. The predicted molar refractivity (Wildman–Crippen MR) is 67.6 cm³/mol. The number of likely N-dealkylation sites (N-methyl/N-ethyl adjacent to an activating group) is 1. The molecule has 90 valence electrons. The molecule has 0 radical (unpaired) electrons. The smallest absolute Gasteiger partial charge is 0.142 e. The van der Waals surface area contributed by atoms with Gasteiger partial charge >= 0.3 is 0 Å². The van der Waals surface area contributed by atoms with E-state index in [-0.39, 0.29) is 0 Å². The fraction of sp³-hybridized carbons (Fsp3) is 0.538. The Labute approximate surface area is 102 Å². The Morgan fingerprint density at radius 1 is 1.53 bits per heavy atom. The van der Waals surface area contributed by atoms with Crippen LogP contribution >= 0.6 is 0 Å². The van der Waals surface area contributed by atoms with Crippen LogP contribution in [-0.4, -0.2) is 36.6 Å². The highest BCUT2D eigenvalue weighted by atomic mass is 15.1. The molecule has 1 aliphatic carbocycles. The number of pyridine rings is 1. The minimum atomic E-state index is 0.461. The molecule has 1 unspecified atom stereocenters. The molecular weight excluding hydrogens is 212 g/mol. The van der Waals surface area contributed by atoms with E-state index < -0.39 is 0 Å². The van der Waals surface area contributed by atoms with Gasteiger partial charge in [0.25, 0.3) is 0 Å². The Balaban J connectivity index is 1.94. The van der Waals surface area contributed by atoms with E-state index in [9.17, 15) is 0 Å². The molecule has 1 fully saturated rings. The maximum absolute atomic E-state index is 8.78. The van der Waals surface area contributed by atoms with Gasteiger partial charge in [-0.15, -0.1) is 0 Å². The van der Waals surface area contributed by atoms with E-state index in [1.165, 1.54) is 12.8 Å². The lowest BCUT2D eigenvalue weighted by molar-refractivity contribution is 0.276. The molecule has 0 amide bonds. The van der Waals surface area contributed by atoms with Crippen molar-refractivity contribution in [2.75, 3.05) is 26.0 Å². The molecule has 1 N–H and O–H groups in total. The second kappa shape index (κ2) is 5.15. The third-order valence-corrected chi connectivity index (χ3v) is 3.19. The Bertz CT molecular complexity index is 416. The molecule has 17 heavy (non-hydrogen) atoms. The first-order valence-electron chi connectivity index (χ1n) is 5.98. The minimum Gasteiger partial charge on any atom is -0.368 e. The van der Waals surface area contributed by atoms with Crippen molar-refractivity contribution in [1.29, 1.82) is 5.26 Å². The largest absolute Gasteiger partial charge is 0.368 e. The summed E-state index contributed by atoms with van der Waals surface area (Å²) in [6, 6.07) is 8.09. The Kier molecular flexibility index (Phi) is 3.60. The van der Waals surface area contributed by atoms with Gasteiger partial charge in [-0.2, -0.15) is 5.26 Å². The SMILES string of the molecule is CN(C)C(CNc1cccc(C#N)n1)C1CC1. The van der Waals surface area contributed by atoms with Crippen LogP contribution in [0.2, 0.25) is 0 Å². The van der Waals surface area contributed by atoms with Crippen molar-refractivity contribution in [2.24, 2.45) is 5.92 Å². The third-order valence-electron chi connectivity index (χ3n) is 3.19. The van der Waals surface area contributed by atoms with E-state index in [2.05, 4.69) is 35.4 Å². The topological polar surface area (TPSA) is 52.0 Å². The molecule has 1 aliphatic rings. The molecule has 0 bridgehead atoms. The minimum absolute atomic E-state index is 0.461. The Morgan fingerprint density at radius 3 is 2.88 bits per heavy atom. The van der Waals surface area contributed by atoms with Crippen LogP contribution in [0.15, 0.2) is 18.2 Å². The van der Waals surface area contributed by atoms with Gasteiger partial charge in [-0.05, 0) is 45.0 Å². The van der Waals surface area contributed by atoms with Crippen LogP contribution in [-0.2, 0) is 0 Å². The second-order valence-corrected chi connectivity index (χ2v) is 4.77. The van der Waals surface area contributed by atoms with Gasteiger partial charge in [-0.3, -0.25) is 0 Å². The van der Waals surface area contributed by atoms with Crippen molar-refractivity contribution < 1.29 is 0 Å². The van der Waals surface area contributed by atoms with E-state index in [0.717, 1.165) is 18.3 Å². The van der Waals surface area contributed by atoms with Crippen LogP contribution in [0.5, 0.6) is 0 Å². The zero-order chi connectivity index (χ0) is 12.3.